The Morgan fingerprint density at radius 1 is 1.30 bits per heavy atom. The minimum Gasteiger partial charge on any atom is -0.395 e. The Morgan fingerprint density at radius 3 is 2.35 bits per heavy atom. The van der Waals surface area contributed by atoms with E-state index in [4.69, 9.17) is 0 Å². The van der Waals surface area contributed by atoms with Crippen LogP contribution in [-0.4, -0.2) is 47.2 Å². The normalized spacial score (nSPS) is 26.9. The standard InChI is InChI=1S/C14H21NO4S/c1-10-4-6-11(7-5-10)20(18,19)15-12(9-16)13(17)8-14(15,2)3/h4-7,12-13,16-17H,8-9H2,1-3H3/t12-,13-/m0/s1. The van der Waals surface area contributed by atoms with E-state index in [1.165, 1.54) is 4.31 Å². The first-order chi connectivity index (χ1) is 9.20. The fraction of sp³-hybridized carbons (Fsp3) is 0.571. The Morgan fingerprint density at radius 2 is 1.85 bits per heavy atom. The summed E-state index contributed by atoms with van der Waals surface area (Å²) in [5.41, 5.74) is 0.250. The molecular weight excluding hydrogens is 278 g/mol. The molecule has 1 heterocycles. The molecule has 2 rings (SSSR count). The maximum Gasteiger partial charge on any atom is 0.243 e. The molecule has 1 aliphatic rings. The maximum atomic E-state index is 12.8. The highest BCUT2D eigenvalue weighted by atomic mass is 32.2. The van der Waals surface area contributed by atoms with Crippen molar-refractivity contribution in [2.45, 2.75) is 49.8 Å². The summed E-state index contributed by atoms with van der Waals surface area (Å²) in [7, 11) is -3.74. The number of aliphatic hydroxyl groups is 2. The molecule has 2 N–H and O–H groups in total. The third kappa shape index (κ3) is 2.48. The first kappa shape index (κ1) is 15.4. The SMILES string of the molecule is Cc1ccc(S(=O)(=O)N2[C@@H](CO)[C@@H](O)CC2(C)C)cc1. The van der Waals surface area contributed by atoms with Crippen LogP contribution in [0.25, 0.3) is 0 Å². The van der Waals surface area contributed by atoms with Crippen LogP contribution in [-0.2, 0) is 10.0 Å². The largest absolute Gasteiger partial charge is 0.395 e. The lowest BCUT2D eigenvalue weighted by Crippen LogP contribution is -2.49. The summed E-state index contributed by atoms with van der Waals surface area (Å²) in [6.07, 6.45) is -0.543. The molecule has 112 valence electrons. The van der Waals surface area contributed by atoms with Crippen molar-refractivity contribution in [1.82, 2.24) is 4.31 Å². The van der Waals surface area contributed by atoms with Crippen LogP contribution in [0.15, 0.2) is 29.2 Å². The Balaban J connectivity index is 2.49. The quantitative estimate of drug-likeness (QED) is 0.869. The van der Waals surface area contributed by atoms with E-state index in [2.05, 4.69) is 0 Å². The summed E-state index contributed by atoms with van der Waals surface area (Å²) in [6.45, 7) is 5.02. The van der Waals surface area contributed by atoms with Crippen LogP contribution < -0.4 is 0 Å². The third-order valence-corrected chi connectivity index (χ3v) is 5.97. The zero-order chi connectivity index (χ0) is 15.1. The number of rotatable bonds is 3. The number of aliphatic hydroxyl groups excluding tert-OH is 2. The van der Waals surface area contributed by atoms with Crippen LogP contribution in [0.4, 0.5) is 0 Å². The van der Waals surface area contributed by atoms with Crippen molar-refractivity contribution in [2.75, 3.05) is 6.61 Å². The van der Waals surface area contributed by atoms with Crippen molar-refractivity contribution in [3.05, 3.63) is 29.8 Å². The van der Waals surface area contributed by atoms with Gasteiger partial charge in [0.15, 0.2) is 0 Å². The first-order valence-electron chi connectivity index (χ1n) is 6.60. The van der Waals surface area contributed by atoms with E-state index in [0.717, 1.165) is 5.56 Å². The lowest BCUT2D eigenvalue weighted by Gasteiger charge is -2.33. The van der Waals surface area contributed by atoms with Crippen molar-refractivity contribution in [3.8, 4) is 0 Å². The van der Waals surface area contributed by atoms with Crippen LogP contribution in [0.3, 0.4) is 0 Å². The molecular formula is C14H21NO4S. The van der Waals surface area contributed by atoms with Gasteiger partial charge in [0.2, 0.25) is 10.0 Å². The second-order valence-corrected chi connectivity index (χ2v) is 7.76. The number of hydrogen-bond donors (Lipinski definition) is 2. The Labute approximate surface area is 119 Å². The smallest absolute Gasteiger partial charge is 0.243 e. The van der Waals surface area contributed by atoms with Crippen molar-refractivity contribution in [2.24, 2.45) is 0 Å². The van der Waals surface area contributed by atoms with Gasteiger partial charge >= 0.3 is 0 Å². The highest BCUT2D eigenvalue weighted by Gasteiger charge is 2.51. The van der Waals surface area contributed by atoms with Gasteiger partial charge in [-0.25, -0.2) is 8.42 Å². The summed E-state index contributed by atoms with van der Waals surface area (Å²) in [6, 6.07) is 5.79. The van der Waals surface area contributed by atoms with Gasteiger partial charge in [0.05, 0.1) is 23.6 Å². The Hall–Kier alpha value is -0.950. The Kier molecular flexibility index (Phi) is 3.94. The van der Waals surface area contributed by atoms with Crippen molar-refractivity contribution >= 4 is 10.0 Å². The van der Waals surface area contributed by atoms with E-state index in [-0.39, 0.29) is 4.90 Å². The summed E-state index contributed by atoms with van der Waals surface area (Å²) in [4.78, 5) is 0.184. The lowest BCUT2D eigenvalue weighted by atomic mass is 10.0. The van der Waals surface area contributed by atoms with Crippen LogP contribution in [0.1, 0.15) is 25.8 Å². The lowest BCUT2D eigenvalue weighted by molar-refractivity contribution is 0.0950. The first-order valence-corrected chi connectivity index (χ1v) is 8.04. The molecule has 0 saturated carbocycles. The highest BCUT2D eigenvalue weighted by molar-refractivity contribution is 7.89. The van der Waals surface area contributed by atoms with Crippen molar-refractivity contribution in [3.63, 3.8) is 0 Å². The van der Waals surface area contributed by atoms with Crippen molar-refractivity contribution in [1.29, 1.82) is 0 Å². The number of sulfonamides is 1. The number of nitrogens with zero attached hydrogens (tertiary/aromatic N) is 1. The van der Waals surface area contributed by atoms with Gasteiger partial charge < -0.3 is 10.2 Å². The number of aryl methyl sites for hydroxylation is 1. The monoisotopic (exact) mass is 299 g/mol. The maximum absolute atomic E-state index is 12.8. The molecule has 1 aromatic carbocycles. The summed E-state index contributed by atoms with van der Waals surface area (Å²) < 4.78 is 26.8. The fourth-order valence-corrected chi connectivity index (χ4v) is 4.86. The molecule has 0 bridgehead atoms. The zero-order valence-electron chi connectivity index (χ0n) is 11.9. The predicted molar refractivity (Wildman–Crippen MR) is 75.8 cm³/mol. The average Bonchev–Trinajstić information content (AvgIpc) is 2.59. The molecule has 0 amide bonds. The molecule has 1 fully saturated rings. The van der Waals surface area contributed by atoms with E-state index < -0.39 is 34.3 Å². The number of benzene rings is 1. The topological polar surface area (TPSA) is 77.8 Å². The molecule has 5 nitrogen and oxygen atoms in total. The molecule has 0 aromatic heterocycles. The molecule has 0 radical (unpaired) electrons. The second-order valence-electron chi connectivity index (χ2n) is 5.95. The molecule has 2 atom stereocenters. The van der Waals surface area contributed by atoms with Crippen LogP contribution in [0, 0.1) is 6.92 Å². The van der Waals surface area contributed by atoms with Gasteiger partial charge in [0, 0.05) is 5.54 Å². The molecule has 6 heteroatoms. The highest BCUT2D eigenvalue weighted by Crippen LogP contribution is 2.38. The fourth-order valence-electron chi connectivity index (χ4n) is 2.87. The molecule has 1 saturated heterocycles. The number of hydrogen-bond acceptors (Lipinski definition) is 4. The van der Waals surface area contributed by atoms with Gasteiger partial charge in [0.1, 0.15) is 0 Å². The summed E-state index contributed by atoms with van der Waals surface area (Å²) in [5, 5.41) is 19.4. The van der Waals surface area contributed by atoms with E-state index in [1.54, 1.807) is 38.1 Å². The minimum absolute atomic E-state index is 0.184. The second kappa shape index (κ2) is 5.11. The van der Waals surface area contributed by atoms with Gasteiger partial charge in [-0.15, -0.1) is 0 Å². The van der Waals surface area contributed by atoms with Crippen molar-refractivity contribution < 1.29 is 18.6 Å². The zero-order valence-corrected chi connectivity index (χ0v) is 12.8. The van der Waals surface area contributed by atoms with Gasteiger partial charge in [-0.1, -0.05) is 17.7 Å². The minimum atomic E-state index is -3.74. The van der Waals surface area contributed by atoms with E-state index in [0.29, 0.717) is 6.42 Å². The summed E-state index contributed by atoms with van der Waals surface area (Å²) in [5.74, 6) is 0. The molecule has 0 aliphatic carbocycles. The summed E-state index contributed by atoms with van der Waals surface area (Å²) >= 11 is 0. The van der Waals surface area contributed by atoms with Gasteiger partial charge in [-0.05, 0) is 39.3 Å². The van der Waals surface area contributed by atoms with E-state index in [9.17, 15) is 18.6 Å². The van der Waals surface area contributed by atoms with E-state index in [1.807, 2.05) is 6.92 Å². The third-order valence-electron chi connectivity index (χ3n) is 3.82. The molecule has 20 heavy (non-hydrogen) atoms. The van der Waals surface area contributed by atoms with Gasteiger partial charge in [-0.2, -0.15) is 4.31 Å². The van der Waals surface area contributed by atoms with Gasteiger partial charge in [-0.3, -0.25) is 0 Å². The molecule has 1 aromatic rings. The van der Waals surface area contributed by atoms with E-state index >= 15 is 0 Å². The Bertz CT molecular complexity index is 580. The predicted octanol–water partition coefficient (Wildman–Crippen LogP) is 0.890. The average molecular weight is 299 g/mol. The molecule has 0 spiro atoms. The molecule has 1 aliphatic heterocycles. The van der Waals surface area contributed by atoms with Crippen LogP contribution >= 0.6 is 0 Å². The van der Waals surface area contributed by atoms with Gasteiger partial charge in [0.25, 0.3) is 0 Å². The van der Waals surface area contributed by atoms with Crippen LogP contribution in [0.5, 0.6) is 0 Å². The molecule has 0 unspecified atom stereocenters. The van der Waals surface area contributed by atoms with Crippen LogP contribution in [0.2, 0.25) is 0 Å².